The van der Waals surface area contributed by atoms with Crippen LogP contribution in [-0.4, -0.2) is 29.1 Å². The van der Waals surface area contributed by atoms with Gasteiger partial charge < -0.3 is 10.1 Å². The zero-order valence-corrected chi connectivity index (χ0v) is 11.0. The highest BCUT2D eigenvalue weighted by Gasteiger charge is 2.48. The van der Waals surface area contributed by atoms with Crippen LogP contribution in [0, 0.1) is 12.3 Å². The Bertz CT molecular complexity index is 376. The lowest BCUT2D eigenvalue weighted by Gasteiger charge is -2.51. The Morgan fingerprint density at radius 1 is 1.47 bits per heavy atom. The normalized spacial score (nSPS) is 26.8. The Morgan fingerprint density at radius 2 is 2.24 bits per heavy atom. The molecule has 5 heteroatoms. The van der Waals surface area contributed by atoms with E-state index in [9.17, 15) is 0 Å². The second kappa shape index (κ2) is 4.74. The molecule has 0 aliphatic heterocycles. The molecule has 1 saturated carbocycles. The zero-order valence-electron chi connectivity index (χ0n) is 11.0. The van der Waals surface area contributed by atoms with Crippen molar-refractivity contribution in [3.05, 3.63) is 11.4 Å². The van der Waals surface area contributed by atoms with Gasteiger partial charge in [0.1, 0.15) is 11.4 Å². The number of ether oxygens (including phenoxy) is 1. The van der Waals surface area contributed by atoms with Crippen molar-refractivity contribution < 1.29 is 9.37 Å². The monoisotopic (exact) mass is 239 g/mol. The van der Waals surface area contributed by atoms with Crippen LogP contribution >= 0.6 is 0 Å². The number of nitrogens with one attached hydrogen (secondary N) is 1. The molecule has 0 spiro atoms. The van der Waals surface area contributed by atoms with Gasteiger partial charge in [0.25, 0.3) is 0 Å². The summed E-state index contributed by atoms with van der Waals surface area (Å²) in [6.07, 6.45) is 1.42. The van der Waals surface area contributed by atoms with Gasteiger partial charge >= 0.3 is 0 Å². The first-order chi connectivity index (χ1) is 8.05. The number of nitrogens with zero attached hydrogens (tertiary/aromatic N) is 2. The second-order valence-corrected chi connectivity index (χ2v) is 5.23. The minimum atomic E-state index is 0.182. The van der Waals surface area contributed by atoms with Crippen molar-refractivity contribution in [1.29, 1.82) is 0 Å². The van der Waals surface area contributed by atoms with Gasteiger partial charge in [-0.25, -0.2) is 4.63 Å². The molecule has 0 bridgehead atoms. The van der Waals surface area contributed by atoms with Crippen LogP contribution in [0.3, 0.4) is 0 Å². The molecule has 1 N–H and O–H groups in total. The highest BCUT2D eigenvalue weighted by molar-refractivity contribution is 5.07. The average Bonchev–Trinajstić information content (AvgIpc) is 2.68. The Kier molecular flexibility index (Phi) is 3.49. The highest BCUT2D eigenvalue weighted by Crippen LogP contribution is 2.42. The molecular weight excluding hydrogens is 218 g/mol. The standard InChI is InChI=1S/C12H21N3O2/c1-5-16-11-6-10(12(11,3)4)13-7-9-8(2)14-17-15-9/h10-11,13H,5-7H2,1-4H3. The van der Waals surface area contributed by atoms with E-state index in [2.05, 4.69) is 34.1 Å². The van der Waals surface area contributed by atoms with Crippen LogP contribution in [0.2, 0.25) is 0 Å². The molecule has 0 radical (unpaired) electrons. The number of aryl methyl sites for hydroxylation is 1. The predicted molar refractivity (Wildman–Crippen MR) is 63.5 cm³/mol. The summed E-state index contributed by atoms with van der Waals surface area (Å²) < 4.78 is 10.4. The van der Waals surface area contributed by atoms with Gasteiger partial charge in [0.2, 0.25) is 0 Å². The zero-order chi connectivity index (χ0) is 12.5. The summed E-state index contributed by atoms with van der Waals surface area (Å²) in [6.45, 7) is 9.92. The first-order valence-corrected chi connectivity index (χ1v) is 6.18. The molecule has 1 aliphatic carbocycles. The number of rotatable bonds is 5. The van der Waals surface area contributed by atoms with Crippen molar-refractivity contribution in [1.82, 2.24) is 15.6 Å². The van der Waals surface area contributed by atoms with E-state index in [1.54, 1.807) is 0 Å². The second-order valence-electron chi connectivity index (χ2n) is 5.23. The van der Waals surface area contributed by atoms with E-state index in [1.807, 2.05) is 13.8 Å². The van der Waals surface area contributed by atoms with Crippen molar-refractivity contribution >= 4 is 0 Å². The summed E-state index contributed by atoms with van der Waals surface area (Å²) in [5.74, 6) is 0. The fraction of sp³-hybridized carbons (Fsp3) is 0.833. The van der Waals surface area contributed by atoms with Gasteiger partial charge in [0, 0.05) is 24.6 Å². The SMILES string of the molecule is CCOC1CC(NCc2nonc2C)C1(C)C. The van der Waals surface area contributed by atoms with Crippen LogP contribution in [0.1, 0.15) is 38.6 Å². The molecule has 96 valence electrons. The minimum Gasteiger partial charge on any atom is -0.378 e. The van der Waals surface area contributed by atoms with Crippen molar-refractivity contribution in [3.63, 3.8) is 0 Å². The number of hydrogen-bond acceptors (Lipinski definition) is 5. The van der Waals surface area contributed by atoms with Crippen molar-refractivity contribution in [3.8, 4) is 0 Å². The molecule has 1 fully saturated rings. The largest absolute Gasteiger partial charge is 0.378 e. The summed E-state index contributed by atoms with van der Waals surface area (Å²) in [5.41, 5.74) is 1.93. The summed E-state index contributed by atoms with van der Waals surface area (Å²) in [6, 6.07) is 0.468. The maximum Gasteiger partial charge on any atom is 0.121 e. The van der Waals surface area contributed by atoms with Crippen molar-refractivity contribution in [2.24, 2.45) is 5.41 Å². The van der Waals surface area contributed by atoms with Gasteiger partial charge in [-0.2, -0.15) is 0 Å². The summed E-state index contributed by atoms with van der Waals surface area (Å²) in [5, 5.41) is 11.1. The van der Waals surface area contributed by atoms with E-state index in [4.69, 9.17) is 4.74 Å². The van der Waals surface area contributed by atoms with Gasteiger partial charge in [0.15, 0.2) is 0 Å². The first kappa shape index (κ1) is 12.5. The van der Waals surface area contributed by atoms with Gasteiger partial charge in [-0.3, -0.25) is 0 Å². The molecule has 2 unspecified atom stereocenters. The third kappa shape index (κ3) is 2.35. The van der Waals surface area contributed by atoms with Gasteiger partial charge in [-0.15, -0.1) is 0 Å². The predicted octanol–water partition coefficient (Wildman–Crippen LogP) is 1.67. The Hall–Kier alpha value is -0.940. The fourth-order valence-corrected chi connectivity index (χ4v) is 2.35. The Balaban J connectivity index is 1.84. The Labute approximate surface area is 102 Å². The molecule has 5 nitrogen and oxygen atoms in total. The maximum atomic E-state index is 5.70. The smallest absolute Gasteiger partial charge is 0.121 e. The topological polar surface area (TPSA) is 60.2 Å². The van der Waals surface area contributed by atoms with E-state index in [0.29, 0.717) is 18.7 Å². The minimum absolute atomic E-state index is 0.182. The molecular formula is C12H21N3O2. The van der Waals surface area contributed by atoms with E-state index in [1.165, 1.54) is 0 Å². The van der Waals surface area contributed by atoms with Crippen LogP contribution in [0.5, 0.6) is 0 Å². The summed E-state index contributed by atoms with van der Waals surface area (Å²) in [7, 11) is 0. The van der Waals surface area contributed by atoms with E-state index < -0.39 is 0 Å². The quantitative estimate of drug-likeness (QED) is 0.847. The summed E-state index contributed by atoms with van der Waals surface area (Å²) >= 11 is 0. The lowest BCUT2D eigenvalue weighted by Crippen LogP contribution is -2.60. The van der Waals surface area contributed by atoms with Gasteiger partial charge in [-0.1, -0.05) is 24.2 Å². The van der Waals surface area contributed by atoms with Crippen LogP contribution in [0.15, 0.2) is 4.63 Å². The molecule has 2 rings (SSSR count). The molecule has 1 heterocycles. The van der Waals surface area contributed by atoms with Crippen LogP contribution in [0.25, 0.3) is 0 Å². The lowest BCUT2D eigenvalue weighted by atomic mass is 9.64. The maximum absolute atomic E-state index is 5.70. The van der Waals surface area contributed by atoms with Gasteiger partial charge in [0.05, 0.1) is 6.10 Å². The molecule has 2 atom stereocenters. The van der Waals surface area contributed by atoms with Crippen LogP contribution in [-0.2, 0) is 11.3 Å². The molecule has 0 aromatic carbocycles. The highest BCUT2D eigenvalue weighted by atomic mass is 16.6. The average molecular weight is 239 g/mol. The molecule has 0 saturated heterocycles. The van der Waals surface area contributed by atoms with E-state index >= 15 is 0 Å². The number of hydrogen-bond donors (Lipinski definition) is 1. The first-order valence-electron chi connectivity index (χ1n) is 6.18. The molecule has 17 heavy (non-hydrogen) atoms. The van der Waals surface area contributed by atoms with Crippen molar-refractivity contribution in [2.75, 3.05) is 6.61 Å². The molecule has 1 aromatic heterocycles. The number of aromatic nitrogens is 2. The molecule has 1 aromatic rings. The molecule has 1 aliphatic rings. The fourth-order valence-electron chi connectivity index (χ4n) is 2.35. The van der Waals surface area contributed by atoms with Crippen molar-refractivity contribution in [2.45, 2.75) is 52.8 Å². The van der Waals surface area contributed by atoms with E-state index in [-0.39, 0.29) is 5.41 Å². The lowest BCUT2D eigenvalue weighted by molar-refractivity contribution is -0.114. The molecule has 0 amide bonds. The third-order valence-electron chi connectivity index (χ3n) is 3.81. The van der Waals surface area contributed by atoms with Crippen LogP contribution in [0.4, 0.5) is 0 Å². The summed E-state index contributed by atoms with van der Waals surface area (Å²) in [4.78, 5) is 0. The Morgan fingerprint density at radius 3 is 2.76 bits per heavy atom. The van der Waals surface area contributed by atoms with Gasteiger partial charge in [-0.05, 0) is 20.3 Å². The van der Waals surface area contributed by atoms with E-state index in [0.717, 1.165) is 24.4 Å². The van der Waals surface area contributed by atoms with Crippen LogP contribution < -0.4 is 5.32 Å². The third-order valence-corrected chi connectivity index (χ3v) is 3.81.